The smallest absolute Gasteiger partial charge is 0.306 e. The minimum Gasteiger partial charge on any atom is -0.508 e. The average molecular weight is 417 g/mol. The molecule has 0 fully saturated rings. The van der Waals surface area contributed by atoms with E-state index in [0.717, 1.165) is 16.9 Å². The van der Waals surface area contributed by atoms with E-state index in [2.05, 4.69) is 0 Å². The van der Waals surface area contributed by atoms with E-state index in [1.54, 1.807) is 24.3 Å². The van der Waals surface area contributed by atoms with E-state index in [1.807, 2.05) is 52.0 Å². The maximum absolute atomic E-state index is 11.4. The van der Waals surface area contributed by atoms with E-state index < -0.39 is 5.97 Å². The number of carboxylic acid groups (broad SMARTS) is 1. The number of rotatable bonds is 9. The molecule has 0 saturated carbocycles. The molecule has 6 heteroatoms. The van der Waals surface area contributed by atoms with Gasteiger partial charge in [-0.25, -0.2) is 0 Å². The third-order valence-electron chi connectivity index (χ3n) is 3.84. The Balaban J connectivity index is 0.000000325. The average Bonchev–Trinajstić information content (AvgIpc) is 2.66. The summed E-state index contributed by atoms with van der Waals surface area (Å²) in [6, 6.07) is 14.4. The Morgan fingerprint density at radius 1 is 0.800 bits per heavy atom. The Labute approximate surface area is 178 Å². The molecular weight excluding hydrogens is 384 g/mol. The van der Waals surface area contributed by atoms with Gasteiger partial charge in [-0.15, -0.1) is 0 Å². The zero-order chi connectivity index (χ0) is 22.5. The number of benzene rings is 2. The molecule has 30 heavy (non-hydrogen) atoms. The molecule has 0 atom stereocenters. The first kappa shape index (κ1) is 25.0. The molecule has 2 N–H and O–H groups in total. The van der Waals surface area contributed by atoms with Crippen LogP contribution < -0.4 is 4.74 Å². The molecule has 0 aliphatic heterocycles. The number of phenols is 1. The monoisotopic (exact) mass is 416 g/mol. The van der Waals surface area contributed by atoms with Gasteiger partial charge in [-0.05, 0) is 75.9 Å². The molecule has 0 heterocycles. The summed E-state index contributed by atoms with van der Waals surface area (Å²) in [6.07, 6.45) is 1.90. The molecular formula is C24H32O6. The van der Waals surface area contributed by atoms with Crippen LogP contribution in [0.3, 0.4) is 0 Å². The van der Waals surface area contributed by atoms with E-state index in [0.29, 0.717) is 19.3 Å². The van der Waals surface area contributed by atoms with Gasteiger partial charge in [-0.1, -0.05) is 24.3 Å². The first-order valence-electron chi connectivity index (χ1n) is 10.1. The zero-order valence-electron chi connectivity index (χ0n) is 18.1. The maximum Gasteiger partial charge on any atom is 0.306 e. The van der Waals surface area contributed by atoms with Crippen molar-refractivity contribution in [1.29, 1.82) is 0 Å². The van der Waals surface area contributed by atoms with E-state index in [9.17, 15) is 9.59 Å². The van der Waals surface area contributed by atoms with Gasteiger partial charge < -0.3 is 19.7 Å². The van der Waals surface area contributed by atoms with Gasteiger partial charge in [0.2, 0.25) is 0 Å². The number of aryl methyl sites for hydroxylation is 2. The second kappa shape index (κ2) is 13.2. The number of esters is 1. The zero-order valence-corrected chi connectivity index (χ0v) is 18.1. The summed E-state index contributed by atoms with van der Waals surface area (Å²) in [5, 5.41) is 17.3. The van der Waals surface area contributed by atoms with Gasteiger partial charge in [-0.2, -0.15) is 0 Å². The molecule has 0 aliphatic carbocycles. The summed E-state index contributed by atoms with van der Waals surface area (Å²) in [4.78, 5) is 21.6. The van der Waals surface area contributed by atoms with Crippen LogP contribution in [0.25, 0.3) is 0 Å². The van der Waals surface area contributed by atoms with Crippen LogP contribution in [0.15, 0.2) is 48.5 Å². The van der Waals surface area contributed by atoms with Crippen LogP contribution >= 0.6 is 0 Å². The predicted octanol–water partition coefficient (Wildman–Crippen LogP) is 4.77. The van der Waals surface area contributed by atoms with Crippen molar-refractivity contribution in [2.75, 3.05) is 0 Å². The lowest BCUT2D eigenvalue weighted by molar-refractivity contribution is -0.147. The van der Waals surface area contributed by atoms with Crippen LogP contribution in [0, 0.1) is 0 Å². The standard InChI is InChI=1S/C15H22O3.C9H10O3/c1-11(2)17-14-8-5-13(6-9-14)7-10-15(16)18-12(3)4;10-8-4-1-7(2-5-8)3-6-9(11)12/h5-6,8-9,11-12H,7,10H2,1-4H3;1-2,4-5,10H,3,6H2,(H,11,12). The van der Waals surface area contributed by atoms with Gasteiger partial charge in [0.05, 0.1) is 12.2 Å². The van der Waals surface area contributed by atoms with Crippen molar-refractivity contribution in [3.8, 4) is 11.5 Å². The van der Waals surface area contributed by atoms with Crippen LogP contribution in [-0.4, -0.2) is 34.4 Å². The first-order chi connectivity index (χ1) is 14.2. The van der Waals surface area contributed by atoms with E-state index in [-0.39, 0.29) is 30.3 Å². The predicted molar refractivity (Wildman–Crippen MR) is 116 cm³/mol. The summed E-state index contributed by atoms with van der Waals surface area (Å²) >= 11 is 0. The normalized spacial score (nSPS) is 10.3. The summed E-state index contributed by atoms with van der Waals surface area (Å²) in [6.45, 7) is 7.71. The van der Waals surface area contributed by atoms with Crippen LogP contribution in [-0.2, 0) is 27.2 Å². The molecule has 0 saturated heterocycles. The topological polar surface area (TPSA) is 93.1 Å². The lowest BCUT2D eigenvalue weighted by Gasteiger charge is -2.10. The molecule has 0 spiro atoms. The summed E-state index contributed by atoms with van der Waals surface area (Å²) in [7, 11) is 0. The Hall–Kier alpha value is -3.02. The lowest BCUT2D eigenvalue weighted by Crippen LogP contribution is -2.11. The van der Waals surface area contributed by atoms with Gasteiger partial charge >= 0.3 is 11.9 Å². The van der Waals surface area contributed by atoms with Crippen molar-refractivity contribution in [3.05, 3.63) is 59.7 Å². The Morgan fingerprint density at radius 2 is 1.30 bits per heavy atom. The number of hydrogen-bond acceptors (Lipinski definition) is 5. The number of ether oxygens (including phenoxy) is 2. The second-order valence-corrected chi connectivity index (χ2v) is 7.41. The number of hydrogen-bond donors (Lipinski definition) is 2. The van der Waals surface area contributed by atoms with Crippen molar-refractivity contribution in [2.45, 2.75) is 65.6 Å². The highest BCUT2D eigenvalue weighted by molar-refractivity contribution is 5.69. The fourth-order valence-corrected chi connectivity index (χ4v) is 2.49. The summed E-state index contributed by atoms with van der Waals surface area (Å²) in [5.74, 6) is 0.114. The molecule has 0 bridgehead atoms. The highest BCUT2D eigenvalue weighted by Crippen LogP contribution is 2.15. The molecule has 0 aromatic heterocycles. The number of aliphatic carboxylic acids is 1. The van der Waals surface area contributed by atoms with E-state index in [1.165, 1.54) is 0 Å². The summed E-state index contributed by atoms with van der Waals surface area (Å²) < 4.78 is 10.6. The second-order valence-electron chi connectivity index (χ2n) is 7.41. The molecule has 0 unspecified atom stereocenters. The van der Waals surface area contributed by atoms with Crippen LogP contribution in [0.5, 0.6) is 11.5 Å². The number of carbonyl (C=O) groups excluding carboxylic acids is 1. The minimum atomic E-state index is -0.803. The largest absolute Gasteiger partial charge is 0.508 e. The van der Waals surface area contributed by atoms with Crippen molar-refractivity contribution in [2.24, 2.45) is 0 Å². The highest BCUT2D eigenvalue weighted by atomic mass is 16.5. The number of carbonyl (C=O) groups is 2. The molecule has 0 amide bonds. The van der Waals surface area contributed by atoms with Crippen molar-refractivity contribution in [3.63, 3.8) is 0 Å². The van der Waals surface area contributed by atoms with E-state index >= 15 is 0 Å². The summed E-state index contributed by atoms with van der Waals surface area (Å²) in [5.41, 5.74) is 2.04. The molecule has 2 rings (SSSR count). The van der Waals surface area contributed by atoms with Crippen LogP contribution in [0.1, 0.15) is 51.7 Å². The first-order valence-corrected chi connectivity index (χ1v) is 10.1. The van der Waals surface area contributed by atoms with Crippen LogP contribution in [0.4, 0.5) is 0 Å². The van der Waals surface area contributed by atoms with Crippen molar-refractivity contribution < 1.29 is 29.3 Å². The Bertz CT molecular complexity index is 763. The Morgan fingerprint density at radius 3 is 1.77 bits per heavy atom. The van der Waals surface area contributed by atoms with Gasteiger partial charge in [0.15, 0.2) is 0 Å². The molecule has 2 aromatic rings. The number of aromatic hydroxyl groups is 1. The lowest BCUT2D eigenvalue weighted by atomic mass is 10.1. The van der Waals surface area contributed by atoms with Gasteiger partial charge in [0, 0.05) is 12.8 Å². The van der Waals surface area contributed by atoms with Gasteiger partial charge in [0.1, 0.15) is 11.5 Å². The van der Waals surface area contributed by atoms with Crippen molar-refractivity contribution in [1.82, 2.24) is 0 Å². The fraction of sp³-hybridized carbons (Fsp3) is 0.417. The molecule has 6 nitrogen and oxygen atoms in total. The minimum absolute atomic E-state index is 0.0423. The third kappa shape index (κ3) is 11.7. The maximum atomic E-state index is 11.4. The number of phenolic OH excluding ortho intramolecular Hbond substituents is 1. The molecule has 0 radical (unpaired) electrons. The third-order valence-corrected chi connectivity index (χ3v) is 3.84. The SMILES string of the molecule is CC(C)OC(=O)CCc1ccc(OC(C)C)cc1.O=C(O)CCc1ccc(O)cc1. The molecule has 0 aliphatic rings. The van der Waals surface area contributed by atoms with E-state index in [4.69, 9.17) is 19.7 Å². The number of carboxylic acids is 1. The van der Waals surface area contributed by atoms with Crippen LogP contribution in [0.2, 0.25) is 0 Å². The highest BCUT2D eigenvalue weighted by Gasteiger charge is 2.06. The quantitative estimate of drug-likeness (QED) is 0.572. The molecule has 2 aromatic carbocycles. The molecule has 164 valence electrons. The van der Waals surface area contributed by atoms with Gasteiger partial charge in [-0.3, -0.25) is 9.59 Å². The van der Waals surface area contributed by atoms with Gasteiger partial charge in [0.25, 0.3) is 0 Å². The fourth-order valence-electron chi connectivity index (χ4n) is 2.49. The van der Waals surface area contributed by atoms with Crippen molar-refractivity contribution >= 4 is 11.9 Å². The Kier molecular flexibility index (Phi) is 11.0.